The molecular weight excluding hydrogens is 363 g/mol. The highest BCUT2D eigenvalue weighted by molar-refractivity contribution is 6.05. The van der Waals surface area contributed by atoms with Crippen LogP contribution in [-0.4, -0.2) is 21.8 Å². The molecule has 0 atom stereocenters. The van der Waals surface area contributed by atoms with Gasteiger partial charge in [-0.15, -0.1) is 13.2 Å². The summed E-state index contributed by atoms with van der Waals surface area (Å²) in [5.41, 5.74) is 0.102. The molecule has 1 amide bonds. The number of nitrogens with zero attached hydrogens (tertiary/aromatic N) is 2. The van der Waals surface area contributed by atoms with Crippen LogP contribution in [0, 0.1) is 0 Å². The van der Waals surface area contributed by atoms with E-state index in [0.717, 1.165) is 12.1 Å². The third-order valence-corrected chi connectivity index (χ3v) is 3.75. The highest BCUT2D eigenvalue weighted by Crippen LogP contribution is 2.24. The maximum absolute atomic E-state index is 12.6. The molecule has 0 saturated carbocycles. The summed E-state index contributed by atoms with van der Waals surface area (Å²) in [5, 5.41) is 3.12. The molecule has 2 heterocycles. The van der Waals surface area contributed by atoms with E-state index < -0.39 is 23.6 Å². The van der Waals surface area contributed by atoms with Crippen molar-refractivity contribution in [1.29, 1.82) is 0 Å². The zero-order valence-electron chi connectivity index (χ0n) is 14.1. The molecule has 0 aliphatic heterocycles. The van der Waals surface area contributed by atoms with E-state index in [1.54, 1.807) is 25.3 Å². The van der Waals surface area contributed by atoms with Crippen LogP contribution in [0.4, 0.5) is 18.9 Å². The second kappa shape index (κ2) is 7.10. The SMILES string of the molecule is CCn1c(=O)c(C(=O)Nc2ccc(OC(F)(F)F)cc2)cc2cccnc21. The van der Waals surface area contributed by atoms with Gasteiger partial charge in [0.15, 0.2) is 0 Å². The maximum atomic E-state index is 12.6. The van der Waals surface area contributed by atoms with E-state index >= 15 is 0 Å². The number of amides is 1. The number of pyridine rings is 2. The Labute approximate surface area is 151 Å². The Morgan fingerprint density at radius 1 is 1.22 bits per heavy atom. The number of nitrogens with one attached hydrogen (secondary N) is 1. The number of alkyl halides is 3. The lowest BCUT2D eigenvalue weighted by Gasteiger charge is -2.11. The normalized spacial score (nSPS) is 11.4. The number of benzene rings is 1. The van der Waals surface area contributed by atoms with Crippen LogP contribution in [0.15, 0.2) is 53.5 Å². The fraction of sp³-hybridized carbons (Fsp3) is 0.167. The van der Waals surface area contributed by atoms with Crippen LogP contribution in [0.5, 0.6) is 5.75 Å². The number of carbonyl (C=O) groups is 1. The van der Waals surface area contributed by atoms with Crippen molar-refractivity contribution in [3.63, 3.8) is 0 Å². The van der Waals surface area contributed by atoms with Crippen molar-refractivity contribution in [2.75, 3.05) is 5.32 Å². The van der Waals surface area contributed by atoms with Crippen LogP contribution >= 0.6 is 0 Å². The Morgan fingerprint density at radius 3 is 2.56 bits per heavy atom. The molecule has 9 heteroatoms. The van der Waals surface area contributed by atoms with Gasteiger partial charge in [-0.1, -0.05) is 0 Å². The zero-order chi connectivity index (χ0) is 19.6. The summed E-state index contributed by atoms with van der Waals surface area (Å²) in [6, 6.07) is 9.49. The van der Waals surface area contributed by atoms with Gasteiger partial charge in [-0.05, 0) is 49.4 Å². The van der Waals surface area contributed by atoms with Gasteiger partial charge in [-0.3, -0.25) is 14.2 Å². The number of ether oxygens (including phenoxy) is 1. The van der Waals surface area contributed by atoms with Gasteiger partial charge in [0.2, 0.25) is 0 Å². The third kappa shape index (κ3) is 4.08. The number of aryl methyl sites for hydroxylation is 1. The Hall–Kier alpha value is -3.36. The minimum Gasteiger partial charge on any atom is -0.406 e. The van der Waals surface area contributed by atoms with Gasteiger partial charge in [0.05, 0.1) is 0 Å². The Morgan fingerprint density at radius 2 is 1.93 bits per heavy atom. The quantitative estimate of drug-likeness (QED) is 0.755. The summed E-state index contributed by atoms with van der Waals surface area (Å²) in [7, 11) is 0. The summed E-state index contributed by atoms with van der Waals surface area (Å²) in [6.07, 6.45) is -3.24. The summed E-state index contributed by atoms with van der Waals surface area (Å²) in [4.78, 5) is 29.2. The van der Waals surface area contributed by atoms with Crippen LogP contribution in [-0.2, 0) is 6.54 Å². The van der Waals surface area contributed by atoms with E-state index in [4.69, 9.17) is 0 Å². The van der Waals surface area contributed by atoms with Gasteiger partial charge in [-0.25, -0.2) is 4.98 Å². The first-order chi connectivity index (χ1) is 12.8. The number of rotatable bonds is 4. The van der Waals surface area contributed by atoms with Gasteiger partial charge in [0.25, 0.3) is 11.5 Å². The standard InChI is InChI=1S/C18H14F3N3O3/c1-2-24-15-11(4-3-9-22-15)10-14(17(24)26)16(25)23-12-5-7-13(8-6-12)27-18(19,20)21/h3-10H,2H2,1H3,(H,23,25). The molecule has 0 fully saturated rings. The second-order valence-corrected chi connectivity index (χ2v) is 5.55. The van der Waals surface area contributed by atoms with Gasteiger partial charge in [0, 0.05) is 23.8 Å². The molecule has 1 aromatic carbocycles. The molecular formula is C18H14F3N3O3. The number of carbonyl (C=O) groups excluding carboxylic acids is 1. The number of hydrogen-bond acceptors (Lipinski definition) is 4. The fourth-order valence-corrected chi connectivity index (χ4v) is 2.60. The molecule has 3 rings (SSSR count). The first-order valence-corrected chi connectivity index (χ1v) is 7.94. The lowest BCUT2D eigenvalue weighted by atomic mass is 10.2. The zero-order valence-corrected chi connectivity index (χ0v) is 14.1. The van der Waals surface area contributed by atoms with Crippen molar-refractivity contribution in [2.45, 2.75) is 19.8 Å². The molecule has 3 aromatic rings. The molecule has 6 nitrogen and oxygen atoms in total. The van der Waals surface area contributed by atoms with Crippen molar-refractivity contribution >= 4 is 22.6 Å². The van der Waals surface area contributed by atoms with Crippen molar-refractivity contribution in [1.82, 2.24) is 9.55 Å². The molecule has 0 bridgehead atoms. The average Bonchev–Trinajstić information content (AvgIpc) is 2.61. The number of fused-ring (bicyclic) bond motifs is 1. The highest BCUT2D eigenvalue weighted by atomic mass is 19.4. The van der Waals surface area contributed by atoms with E-state index in [1.165, 1.54) is 22.8 Å². The molecule has 0 unspecified atom stereocenters. The molecule has 27 heavy (non-hydrogen) atoms. The summed E-state index contributed by atoms with van der Waals surface area (Å²) >= 11 is 0. The first-order valence-electron chi connectivity index (χ1n) is 7.94. The summed E-state index contributed by atoms with van der Waals surface area (Å²) < 4.78 is 41.7. The average molecular weight is 377 g/mol. The molecule has 2 aromatic heterocycles. The smallest absolute Gasteiger partial charge is 0.406 e. The topological polar surface area (TPSA) is 73.2 Å². The van der Waals surface area contributed by atoms with E-state index in [0.29, 0.717) is 17.6 Å². The fourth-order valence-electron chi connectivity index (χ4n) is 2.60. The number of aromatic nitrogens is 2. The molecule has 140 valence electrons. The lowest BCUT2D eigenvalue weighted by molar-refractivity contribution is -0.274. The molecule has 0 aliphatic carbocycles. The Bertz CT molecular complexity index is 1040. The van der Waals surface area contributed by atoms with Gasteiger partial charge in [-0.2, -0.15) is 0 Å². The van der Waals surface area contributed by atoms with Crippen LogP contribution in [0.25, 0.3) is 11.0 Å². The van der Waals surface area contributed by atoms with Crippen LogP contribution in [0.2, 0.25) is 0 Å². The molecule has 1 N–H and O–H groups in total. The number of anilines is 1. The van der Waals surface area contributed by atoms with Crippen LogP contribution < -0.4 is 15.6 Å². The minimum absolute atomic E-state index is 0.0898. The van der Waals surface area contributed by atoms with Crippen molar-refractivity contribution < 1.29 is 22.7 Å². The van der Waals surface area contributed by atoms with E-state index in [9.17, 15) is 22.8 Å². The Balaban J connectivity index is 1.88. The second-order valence-electron chi connectivity index (χ2n) is 5.55. The number of hydrogen-bond donors (Lipinski definition) is 1. The minimum atomic E-state index is -4.80. The van der Waals surface area contributed by atoms with E-state index in [2.05, 4.69) is 15.0 Å². The third-order valence-electron chi connectivity index (χ3n) is 3.75. The van der Waals surface area contributed by atoms with Crippen LogP contribution in [0.1, 0.15) is 17.3 Å². The number of halogens is 3. The largest absolute Gasteiger partial charge is 0.573 e. The van der Waals surface area contributed by atoms with Gasteiger partial charge < -0.3 is 10.1 Å². The monoisotopic (exact) mass is 377 g/mol. The molecule has 0 aliphatic rings. The maximum Gasteiger partial charge on any atom is 0.573 e. The lowest BCUT2D eigenvalue weighted by Crippen LogP contribution is -2.29. The van der Waals surface area contributed by atoms with Gasteiger partial charge in [0.1, 0.15) is 17.0 Å². The van der Waals surface area contributed by atoms with Crippen molar-refractivity contribution in [3.8, 4) is 5.75 Å². The highest BCUT2D eigenvalue weighted by Gasteiger charge is 2.31. The van der Waals surface area contributed by atoms with E-state index in [1.807, 2.05) is 0 Å². The van der Waals surface area contributed by atoms with E-state index in [-0.39, 0.29) is 11.3 Å². The predicted octanol–water partition coefficient (Wildman–Crippen LogP) is 3.57. The molecule has 0 saturated heterocycles. The Kier molecular flexibility index (Phi) is 4.85. The molecule has 0 radical (unpaired) electrons. The summed E-state index contributed by atoms with van der Waals surface area (Å²) in [6.45, 7) is 2.09. The van der Waals surface area contributed by atoms with Gasteiger partial charge >= 0.3 is 6.36 Å². The first kappa shape index (κ1) is 18.4. The van der Waals surface area contributed by atoms with Crippen molar-refractivity contribution in [3.05, 3.63) is 64.6 Å². The van der Waals surface area contributed by atoms with Crippen LogP contribution in [0.3, 0.4) is 0 Å². The molecule has 0 spiro atoms. The van der Waals surface area contributed by atoms with Crippen molar-refractivity contribution in [2.24, 2.45) is 0 Å². The summed E-state index contributed by atoms with van der Waals surface area (Å²) in [5.74, 6) is -1.08. The predicted molar refractivity (Wildman–Crippen MR) is 92.8 cm³/mol.